The highest BCUT2D eigenvalue weighted by Crippen LogP contribution is 2.39. The van der Waals surface area contributed by atoms with Crippen molar-refractivity contribution in [2.45, 2.75) is 18.0 Å². The zero-order valence-corrected chi connectivity index (χ0v) is 6.98. The van der Waals surface area contributed by atoms with Crippen molar-refractivity contribution in [1.29, 1.82) is 0 Å². The molecule has 1 N–H and O–H groups in total. The second kappa shape index (κ2) is 3.00. The summed E-state index contributed by atoms with van der Waals surface area (Å²) in [5.41, 5.74) is -3.21. The molecule has 9 heteroatoms. The van der Waals surface area contributed by atoms with E-state index in [0.717, 1.165) is 0 Å². The van der Waals surface area contributed by atoms with Crippen LogP contribution in [0.25, 0.3) is 0 Å². The summed E-state index contributed by atoms with van der Waals surface area (Å²) in [5, 5.41) is 8.75. The van der Waals surface area contributed by atoms with Crippen molar-refractivity contribution >= 4 is 5.91 Å². The summed E-state index contributed by atoms with van der Waals surface area (Å²) in [6.45, 7) is -2.76. The smallest absolute Gasteiger partial charge is 0.378 e. The van der Waals surface area contributed by atoms with Crippen LogP contribution in [0.3, 0.4) is 0 Å². The fourth-order valence-corrected chi connectivity index (χ4v) is 1.09. The van der Waals surface area contributed by atoms with E-state index in [4.69, 9.17) is 5.11 Å². The van der Waals surface area contributed by atoms with E-state index in [1.807, 2.05) is 0 Å². The van der Waals surface area contributed by atoms with Gasteiger partial charge < -0.3 is 10.0 Å². The van der Waals surface area contributed by atoms with Gasteiger partial charge in [0.1, 0.15) is 0 Å². The molecule has 3 nitrogen and oxygen atoms in total. The predicted molar refractivity (Wildman–Crippen MR) is 33.6 cm³/mol. The van der Waals surface area contributed by atoms with Gasteiger partial charge >= 0.3 is 18.3 Å². The topological polar surface area (TPSA) is 40.5 Å². The Bertz CT molecular complexity index is 276. The lowest BCUT2D eigenvalue weighted by Gasteiger charge is -2.46. The third-order valence-corrected chi connectivity index (χ3v) is 1.96. The van der Waals surface area contributed by atoms with Crippen molar-refractivity contribution in [2.24, 2.45) is 0 Å². The maximum atomic E-state index is 11.9. The normalized spacial score (nSPS) is 21.1. The highest BCUT2D eigenvalue weighted by Gasteiger charge is 2.64. The van der Waals surface area contributed by atoms with Gasteiger partial charge in [0.15, 0.2) is 5.60 Å². The molecule has 0 saturated carbocycles. The van der Waals surface area contributed by atoms with Gasteiger partial charge in [0.05, 0.1) is 13.1 Å². The summed E-state index contributed by atoms with van der Waals surface area (Å²) in [4.78, 5) is 10.3. The van der Waals surface area contributed by atoms with Gasteiger partial charge in [-0.05, 0) is 0 Å². The van der Waals surface area contributed by atoms with Crippen LogP contribution >= 0.6 is 0 Å². The minimum Gasteiger partial charge on any atom is -0.378 e. The van der Waals surface area contributed by atoms with E-state index in [2.05, 4.69) is 0 Å². The van der Waals surface area contributed by atoms with Crippen LogP contribution in [0.5, 0.6) is 0 Å². The maximum absolute atomic E-state index is 11.9. The van der Waals surface area contributed by atoms with Crippen molar-refractivity contribution in [3.05, 3.63) is 0 Å². The molecule has 88 valence electrons. The van der Waals surface area contributed by atoms with Gasteiger partial charge in [-0.2, -0.15) is 26.3 Å². The van der Waals surface area contributed by atoms with E-state index >= 15 is 0 Å². The summed E-state index contributed by atoms with van der Waals surface area (Å²) in [7, 11) is 0. The molecule has 0 radical (unpaired) electrons. The molecule has 0 unspecified atom stereocenters. The molecular formula is C6H5F6NO2. The molecule has 1 aliphatic rings. The lowest BCUT2D eigenvalue weighted by molar-refractivity contribution is -0.302. The van der Waals surface area contributed by atoms with Gasteiger partial charge in [0, 0.05) is 0 Å². The van der Waals surface area contributed by atoms with E-state index in [1.165, 1.54) is 0 Å². The molecule has 0 aliphatic carbocycles. The van der Waals surface area contributed by atoms with Gasteiger partial charge in [-0.15, -0.1) is 0 Å². The largest absolute Gasteiger partial charge is 0.471 e. The van der Waals surface area contributed by atoms with Gasteiger partial charge in [-0.3, -0.25) is 4.79 Å². The molecule has 15 heavy (non-hydrogen) atoms. The number of β-amino-alcohol motifs (C(OH)–C–C–N with tert-alkyl or cyclic N) is 1. The highest BCUT2D eigenvalue weighted by molar-refractivity contribution is 5.83. The Balaban J connectivity index is 2.62. The quantitative estimate of drug-likeness (QED) is 0.629. The number of nitrogens with zero attached hydrogens (tertiary/aromatic N) is 1. The molecule has 1 heterocycles. The number of likely N-dealkylation sites (tertiary alicyclic amines) is 1. The third kappa shape index (κ3) is 2.01. The summed E-state index contributed by atoms with van der Waals surface area (Å²) in [6.07, 6.45) is -10.2. The van der Waals surface area contributed by atoms with E-state index in [9.17, 15) is 31.1 Å². The molecule has 0 bridgehead atoms. The Morgan fingerprint density at radius 1 is 1.13 bits per heavy atom. The molecule has 0 aromatic heterocycles. The predicted octanol–water partition coefficient (Wildman–Crippen LogP) is 0.684. The van der Waals surface area contributed by atoms with Crippen LogP contribution in [0.4, 0.5) is 26.3 Å². The second-order valence-corrected chi connectivity index (χ2v) is 3.19. The summed E-state index contributed by atoms with van der Waals surface area (Å²) in [6, 6.07) is 0. The molecule has 0 spiro atoms. The molecule has 0 aromatic carbocycles. The number of amides is 1. The molecule has 1 saturated heterocycles. The summed E-state index contributed by atoms with van der Waals surface area (Å²) < 4.78 is 71.0. The molecular weight excluding hydrogens is 232 g/mol. The SMILES string of the molecule is O=C(N1CC(O)(C(F)(F)F)C1)C(F)(F)F. The Hall–Kier alpha value is -0.990. The number of carbonyl (C=O) groups is 1. The first-order valence-corrected chi connectivity index (χ1v) is 3.62. The molecule has 0 atom stereocenters. The Morgan fingerprint density at radius 2 is 1.53 bits per heavy atom. The minimum atomic E-state index is -5.22. The number of halogens is 6. The number of hydrogen-bond donors (Lipinski definition) is 1. The summed E-state index contributed by atoms with van der Waals surface area (Å²) >= 11 is 0. The Kier molecular flexibility index (Phi) is 2.42. The number of hydrogen-bond acceptors (Lipinski definition) is 2. The van der Waals surface area contributed by atoms with Crippen LogP contribution < -0.4 is 0 Å². The van der Waals surface area contributed by atoms with Crippen molar-refractivity contribution < 1.29 is 36.2 Å². The maximum Gasteiger partial charge on any atom is 0.471 e. The first-order chi connectivity index (χ1) is 6.47. The minimum absolute atomic E-state index is 0.104. The third-order valence-electron chi connectivity index (χ3n) is 1.96. The average molecular weight is 237 g/mol. The van der Waals surface area contributed by atoms with Crippen LogP contribution in [-0.4, -0.2) is 47.0 Å². The zero-order valence-electron chi connectivity index (χ0n) is 6.98. The molecule has 0 aromatic rings. The first-order valence-electron chi connectivity index (χ1n) is 3.62. The molecule has 1 amide bonds. The van der Waals surface area contributed by atoms with E-state index in [-0.39, 0.29) is 4.90 Å². The number of aliphatic hydroxyl groups is 1. The van der Waals surface area contributed by atoms with Gasteiger partial charge in [0.2, 0.25) is 0 Å². The zero-order chi connectivity index (χ0) is 12.1. The monoisotopic (exact) mass is 237 g/mol. The van der Waals surface area contributed by atoms with Gasteiger partial charge in [-0.1, -0.05) is 0 Å². The Morgan fingerprint density at radius 3 is 1.80 bits per heavy atom. The standard InChI is InChI=1S/C6H5F6NO2/c7-5(8,9)3(14)13-1-4(15,2-13)6(10,11)12/h15H,1-2H2. The fourth-order valence-electron chi connectivity index (χ4n) is 1.09. The lowest BCUT2D eigenvalue weighted by Crippen LogP contribution is -2.71. The first kappa shape index (κ1) is 12.1. The van der Waals surface area contributed by atoms with Crippen LogP contribution in [0.2, 0.25) is 0 Å². The van der Waals surface area contributed by atoms with Crippen molar-refractivity contribution in [3.63, 3.8) is 0 Å². The van der Waals surface area contributed by atoms with E-state index in [0.29, 0.717) is 0 Å². The number of carbonyl (C=O) groups excluding carboxylic acids is 1. The molecule has 1 rings (SSSR count). The highest BCUT2D eigenvalue weighted by atomic mass is 19.4. The van der Waals surface area contributed by atoms with Crippen molar-refractivity contribution in [2.75, 3.05) is 13.1 Å². The second-order valence-electron chi connectivity index (χ2n) is 3.19. The average Bonchev–Trinajstić information content (AvgIpc) is 1.93. The number of rotatable bonds is 0. The van der Waals surface area contributed by atoms with Crippen molar-refractivity contribution in [3.8, 4) is 0 Å². The van der Waals surface area contributed by atoms with Gasteiger partial charge in [0.25, 0.3) is 0 Å². The summed E-state index contributed by atoms with van der Waals surface area (Å²) in [5.74, 6) is -2.38. The fraction of sp³-hybridized carbons (Fsp3) is 0.833. The number of alkyl halides is 6. The lowest BCUT2D eigenvalue weighted by atomic mass is 9.93. The van der Waals surface area contributed by atoms with Gasteiger partial charge in [-0.25, -0.2) is 0 Å². The molecule has 1 aliphatic heterocycles. The van der Waals surface area contributed by atoms with Crippen LogP contribution in [0.15, 0.2) is 0 Å². The van der Waals surface area contributed by atoms with E-state index in [1.54, 1.807) is 0 Å². The van der Waals surface area contributed by atoms with Crippen molar-refractivity contribution in [1.82, 2.24) is 4.90 Å². The van der Waals surface area contributed by atoms with Crippen LogP contribution in [-0.2, 0) is 4.79 Å². The van der Waals surface area contributed by atoms with Crippen LogP contribution in [0, 0.1) is 0 Å². The van der Waals surface area contributed by atoms with E-state index < -0.39 is 37.0 Å². The van der Waals surface area contributed by atoms with Crippen LogP contribution in [0.1, 0.15) is 0 Å². The molecule has 1 fully saturated rings. The Labute approximate surface area is 79.3 Å².